The van der Waals surface area contributed by atoms with E-state index in [0.29, 0.717) is 36.5 Å². The number of fused-ring (bicyclic) bond motifs is 1. The van der Waals surface area contributed by atoms with E-state index in [-0.39, 0.29) is 18.6 Å². The minimum Gasteiger partial charge on any atom is -0.310 e. The molecule has 0 atom stereocenters. The van der Waals surface area contributed by atoms with Crippen molar-refractivity contribution in [1.29, 1.82) is 0 Å². The Balaban J connectivity index is 1.86. The standard InChI is InChI=1S/C18H19F4N3O/c1-2-4-16-23-15-7-8-25(10-12(15)17(26)24-16)9-11-13(18(20,21)22)5-3-6-14(11)19/h3,5-6H,2,4,7-10H2,1H3,(H,23,24,26). The van der Waals surface area contributed by atoms with E-state index in [4.69, 9.17) is 0 Å². The zero-order chi connectivity index (χ0) is 18.9. The Bertz CT molecular complexity index is 860. The number of aromatic nitrogens is 2. The molecular formula is C18H19F4N3O. The van der Waals surface area contributed by atoms with Crippen LogP contribution in [0.4, 0.5) is 17.6 Å². The molecular weight excluding hydrogens is 350 g/mol. The largest absolute Gasteiger partial charge is 0.416 e. The fourth-order valence-electron chi connectivity index (χ4n) is 3.23. The van der Waals surface area contributed by atoms with Gasteiger partial charge in [-0.1, -0.05) is 13.0 Å². The fourth-order valence-corrected chi connectivity index (χ4v) is 3.23. The number of halogens is 4. The first-order valence-electron chi connectivity index (χ1n) is 8.47. The van der Waals surface area contributed by atoms with Gasteiger partial charge in [-0.25, -0.2) is 9.37 Å². The topological polar surface area (TPSA) is 49.0 Å². The van der Waals surface area contributed by atoms with Crippen molar-refractivity contribution >= 4 is 0 Å². The summed E-state index contributed by atoms with van der Waals surface area (Å²) in [5.41, 5.74) is -0.518. The Hall–Kier alpha value is -2.22. The lowest BCUT2D eigenvalue weighted by Crippen LogP contribution is -2.36. The molecule has 0 fully saturated rings. The number of nitrogens with zero attached hydrogens (tertiary/aromatic N) is 2. The van der Waals surface area contributed by atoms with Gasteiger partial charge in [0.05, 0.1) is 16.8 Å². The van der Waals surface area contributed by atoms with Gasteiger partial charge in [-0.15, -0.1) is 0 Å². The number of hydrogen-bond donors (Lipinski definition) is 1. The second-order valence-corrected chi connectivity index (χ2v) is 6.41. The molecule has 2 aromatic rings. The highest BCUT2D eigenvalue weighted by molar-refractivity contribution is 5.31. The molecule has 26 heavy (non-hydrogen) atoms. The van der Waals surface area contributed by atoms with Crippen LogP contribution in [0.2, 0.25) is 0 Å². The summed E-state index contributed by atoms with van der Waals surface area (Å²) in [5.74, 6) is -0.269. The highest BCUT2D eigenvalue weighted by Crippen LogP contribution is 2.34. The lowest BCUT2D eigenvalue weighted by Gasteiger charge is -2.28. The van der Waals surface area contributed by atoms with E-state index >= 15 is 0 Å². The Labute approximate surface area is 147 Å². The molecule has 1 aromatic carbocycles. The van der Waals surface area contributed by atoms with E-state index in [1.54, 1.807) is 4.90 Å². The van der Waals surface area contributed by atoms with E-state index < -0.39 is 23.1 Å². The minimum atomic E-state index is -4.63. The highest BCUT2D eigenvalue weighted by Gasteiger charge is 2.35. The van der Waals surface area contributed by atoms with E-state index in [1.807, 2.05) is 6.92 Å². The summed E-state index contributed by atoms with van der Waals surface area (Å²) in [5, 5.41) is 0. The Morgan fingerprint density at radius 2 is 2.08 bits per heavy atom. The first-order valence-corrected chi connectivity index (χ1v) is 8.47. The van der Waals surface area contributed by atoms with Gasteiger partial charge >= 0.3 is 6.18 Å². The third-order valence-electron chi connectivity index (χ3n) is 4.49. The maximum absolute atomic E-state index is 14.0. The third-order valence-corrected chi connectivity index (χ3v) is 4.49. The molecule has 0 aliphatic carbocycles. The summed E-state index contributed by atoms with van der Waals surface area (Å²) < 4.78 is 53.5. The molecule has 0 unspecified atom stereocenters. The van der Waals surface area contributed by atoms with Crippen molar-refractivity contribution in [3.05, 3.63) is 62.6 Å². The zero-order valence-corrected chi connectivity index (χ0v) is 14.3. The van der Waals surface area contributed by atoms with Crippen molar-refractivity contribution in [1.82, 2.24) is 14.9 Å². The highest BCUT2D eigenvalue weighted by atomic mass is 19.4. The fraction of sp³-hybridized carbons (Fsp3) is 0.444. The molecule has 140 valence electrons. The van der Waals surface area contributed by atoms with Crippen molar-refractivity contribution in [3.8, 4) is 0 Å². The summed E-state index contributed by atoms with van der Waals surface area (Å²) in [4.78, 5) is 21.1. The molecule has 4 nitrogen and oxygen atoms in total. The van der Waals surface area contributed by atoms with Gasteiger partial charge < -0.3 is 4.98 Å². The molecule has 0 saturated carbocycles. The number of aromatic amines is 1. The average Bonchev–Trinajstić information content (AvgIpc) is 2.56. The van der Waals surface area contributed by atoms with Crippen LogP contribution < -0.4 is 5.56 Å². The Morgan fingerprint density at radius 3 is 2.77 bits per heavy atom. The van der Waals surface area contributed by atoms with Crippen LogP contribution >= 0.6 is 0 Å². The number of alkyl halides is 3. The van der Waals surface area contributed by atoms with Crippen LogP contribution in [0.1, 0.15) is 41.6 Å². The summed E-state index contributed by atoms with van der Waals surface area (Å²) in [7, 11) is 0. The number of nitrogens with one attached hydrogen (secondary N) is 1. The van der Waals surface area contributed by atoms with E-state index in [0.717, 1.165) is 24.6 Å². The Kier molecular flexibility index (Phi) is 5.13. The maximum Gasteiger partial charge on any atom is 0.416 e. The molecule has 0 radical (unpaired) electrons. The van der Waals surface area contributed by atoms with Crippen molar-refractivity contribution in [2.45, 2.75) is 45.5 Å². The van der Waals surface area contributed by atoms with Crippen LogP contribution in [0.15, 0.2) is 23.0 Å². The smallest absolute Gasteiger partial charge is 0.310 e. The van der Waals surface area contributed by atoms with Crippen LogP contribution in [0, 0.1) is 5.82 Å². The molecule has 3 rings (SSSR count). The number of rotatable bonds is 4. The lowest BCUT2D eigenvalue weighted by molar-refractivity contribution is -0.138. The number of aryl methyl sites for hydroxylation is 1. The van der Waals surface area contributed by atoms with Crippen LogP contribution in [-0.4, -0.2) is 21.4 Å². The van der Waals surface area contributed by atoms with Gasteiger partial charge in [0, 0.05) is 38.0 Å². The quantitative estimate of drug-likeness (QED) is 0.840. The maximum atomic E-state index is 14.0. The first kappa shape index (κ1) is 18.6. The third kappa shape index (κ3) is 3.80. The van der Waals surface area contributed by atoms with E-state index in [9.17, 15) is 22.4 Å². The molecule has 0 amide bonds. The molecule has 0 bridgehead atoms. The number of benzene rings is 1. The summed E-state index contributed by atoms with van der Waals surface area (Å²) in [6.45, 7) is 2.33. The van der Waals surface area contributed by atoms with Gasteiger partial charge in [0.15, 0.2) is 0 Å². The SMILES string of the molecule is CCCc1nc2c(c(=O)[nH]1)CN(Cc1c(F)cccc1C(F)(F)F)CC2. The summed E-state index contributed by atoms with van der Waals surface area (Å²) >= 11 is 0. The van der Waals surface area contributed by atoms with E-state index in [1.165, 1.54) is 0 Å². The van der Waals surface area contributed by atoms with Crippen LogP contribution in [0.3, 0.4) is 0 Å². The van der Waals surface area contributed by atoms with Gasteiger partial charge in [-0.3, -0.25) is 9.69 Å². The van der Waals surface area contributed by atoms with Crippen molar-refractivity contribution in [3.63, 3.8) is 0 Å². The van der Waals surface area contributed by atoms with Crippen molar-refractivity contribution in [2.75, 3.05) is 6.54 Å². The molecule has 0 saturated heterocycles. The number of hydrogen-bond acceptors (Lipinski definition) is 3. The lowest BCUT2D eigenvalue weighted by atomic mass is 10.0. The number of H-pyrrole nitrogens is 1. The Morgan fingerprint density at radius 1 is 1.31 bits per heavy atom. The predicted octanol–water partition coefficient (Wildman–Crippen LogP) is 3.44. The minimum absolute atomic E-state index is 0.149. The van der Waals surface area contributed by atoms with Crippen LogP contribution in [-0.2, 0) is 32.1 Å². The van der Waals surface area contributed by atoms with Crippen LogP contribution in [0.25, 0.3) is 0 Å². The zero-order valence-electron chi connectivity index (χ0n) is 14.3. The average molecular weight is 369 g/mol. The molecule has 1 aliphatic rings. The molecule has 2 heterocycles. The van der Waals surface area contributed by atoms with Gasteiger partial charge in [-0.2, -0.15) is 13.2 Å². The second-order valence-electron chi connectivity index (χ2n) is 6.41. The summed E-state index contributed by atoms with van der Waals surface area (Å²) in [6, 6.07) is 2.95. The predicted molar refractivity (Wildman–Crippen MR) is 88.1 cm³/mol. The normalized spacial score (nSPS) is 15.1. The van der Waals surface area contributed by atoms with E-state index in [2.05, 4.69) is 9.97 Å². The molecule has 1 N–H and O–H groups in total. The first-order chi connectivity index (χ1) is 12.3. The summed E-state index contributed by atoms with van der Waals surface area (Å²) in [6.07, 6.45) is -2.66. The van der Waals surface area contributed by atoms with Gasteiger partial charge in [0.2, 0.25) is 0 Å². The second kappa shape index (κ2) is 7.19. The monoisotopic (exact) mass is 369 g/mol. The van der Waals surface area contributed by atoms with Gasteiger partial charge in [-0.05, 0) is 18.6 Å². The van der Waals surface area contributed by atoms with Gasteiger partial charge in [0.1, 0.15) is 11.6 Å². The molecule has 8 heteroatoms. The molecule has 1 aliphatic heterocycles. The molecule has 0 spiro atoms. The molecule has 1 aromatic heterocycles. The van der Waals surface area contributed by atoms with Gasteiger partial charge in [0.25, 0.3) is 5.56 Å². The van der Waals surface area contributed by atoms with Crippen molar-refractivity contribution in [2.24, 2.45) is 0 Å². The van der Waals surface area contributed by atoms with Crippen molar-refractivity contribution < 1.29 is 17.6 Å². The van der Waals surface area contributed by atoms with Crippen LogP contribution in [0.5, 0.6) is 0 Å².